The van der Waals surface area contributed by atoms with Crippen LogP contribution in [0.5, 0.6) is 0 Å². The van der Waals surface area contributed by atoms with E-state index in [4.69, 9.17) is 0 Å². The highest BCUT2D eigenvalue weighted by molar-refractivity contribution is 5.08. The minimum Gasteiger partial charge on any atom is -0.0533 e. The van der Waals surface area contributed by atoms with Gasteiger partial charge < -0.3 is 0 Å². The summed E-state index contributed by atoms with van der Waals surface area (Å²) in [5, 5.41) is 0. The first-order valence-electron chi connectivity index (χ1n) is 34.6. The summed E-state index contributed by atoms with van der Waals surface area (Å²) in [7, 11) is 0. The molecular weight excluding hydrogens is 841 g/mol. The minimum atomic E-state index is 1.16. The lowest BCUT2D eigenvalue weighted by atomic mass is 9.56. The zero-order valence-electron chi connectivity index (χ0n) is 46.6. The molecule has 398 valence electrons. The van der Waals surface area contributed by atoms with Gasteiger partial charge in [-0.05, 0) is 278 Å². The van der Waals surface area contributed by atoms with Crippen LogP contribution in [-0.4, -0.2) is 0 Å². The molecule has 0 saturated heterocycles. The molecule has 0 heteroatoms. The smallest absolute Gasteiger partial charge is 0.0323 e. The van der Waals surface area contributed by atoms with Gasteiger partial charge in [0.15, 0.2) is 0 Å². The molecule has 0 aromatic heterocycles. The van der Waals surface area contributed by atoms with Crippen molar-refractivity contribution in [2.75, 3.05) is 0 Å². The fraction of sp³-hybridized carbons (Fsp3) is 1.00. The van der Waals surface area contributed by atoms with Gasteiger partial charge in [0, 0.05) is 0 Å². The van der Waals surface area contributed by atoms with Gasteiger partial charge in [0.05, 0.1) is 0 Å². The van der Waals surface area contributed by atoms with E-state index in [0.717, 1.165) is 11.8 Å². The molecule has 0 nitrogen and oxygen atoms in total. The molecule has 20 aliphatic carbocycles. The third kappa shape index (κ3) is 12.1. The van der Waals surface area contributed by atoms with Gasteiger partial charge in [-0.1, -0.05) is 161 Å². The Labute approximate surface area is 436 Å². The molecule has 0 amide bonds. The number of hydrogen-bond acceptors (Lipinski definition) is 0. The third-order valence-electron chi connectivity index (χ3n) is 27.2. The maximum Gasteiger partial charge on any atom is -0.0323 e. The fourth-order valence-corrected chi connectivity index (χ4v) is 24.5. The third-order valence-corrected chi connectivity index (χ3v) is 27.2. The summed E-state index contributed by atoms with van der Waals surface area (Å²) in [4.78, 5) is 0. The molecule has 0 aliphatic heterocycles. The zero-order chi connectivity index (χ0) is 46.6. The Morgan fingerprint density at radius 3 is 0.600 bits per heavy atom. The van der Waals surface area contributed by atoms with Crippen molar-refractivity contribution in [2.45, 2.75) is 308 Å². The zero-order valence-corrected chi connectivity index (χ0v) is 46.6. The second-order valence-corrected chi connectivity index (χ2v) is 31.0. The monoisotopic (exact) mass is 959 g/mol. The van der Waals surface area contributed by atoms with E-state index in [1.54, 1.807) is 212 Å². The second-order valence-electron chi connectivity index (χ2n) is 31.0. The summed E-state index contributed by atoms with van der Waals surface area (Å²) in [5.41, 5.74) is 0. The van der Waals surface area contributed by atoms with E-state index in [9.17, 15) is 0 Å². The van der Waals surface area contributed by atoms with Crippen molar-refractivity contribution in [3.8, 4) is 0 Å². The summed E-state index contributed by atoms with van der Waals surface area (Å²) >= 11 is 0. The van der Waals surface area contributed by atoms with Crippen LogP contribution in [0.3, 0.4) is 0 Å². The van der Waals surface area contributed by atoms with Gasteiger partial charge in [-0.3, -0.25) is 0 Å². The van der Waals surface area contributed by atoms with Crippen LogP contribution in [0.25, 0.3) is 0 Å². The van der Waals surface area contributed by atoms with Crippen molar-refractivity contribution in [1.29, 1.82) is 0 Å². The lowest BCUT2D eigenvalue weighted by Crippen LogP contribution is -2.38. The van der Waals surface area contributed by atoms with Crippen LogP contribution in [0.1, 0.15) is 308 Å². The molecule has 0 aromatic carbocycles. The highest BCUT2D eigenvalue weighted by Crippen LogP contribution is 2.67. The Morgan fingerprint density at radius 1 is 0.129 bits per heavy atom. The molecule has 20 aliphatic rings. The van der Waals surface area contributed by atoms with Gasteiger partial charge in [-0.15, -0.1) is 0 Å². The van der Waals surface area contributed by atoms with E-state index < -0.39 is 0 Å². The van der Waals surface area contributed by atoms with Crippen LogP contribution < -0.4 is 0 Å². The van der Waals surface area contributed by atoms with E-state index in [-0.39, 0.29) is 0 Å². The molecule has 14 bridgehead atoms. The van der Waals surface area contributed by atoms with E-state index in [1.165, 1.54) is 215 Å². The van der Waals surface area contributed by atoms with Crippen LogP contribution in [0, 0.1) is 130 Å². The number of fused-ring (bicyclic) bond motifs is 22. The van der Waals surface area contributed by atoms with E-state index in [0.29, 0.717) is 0 Å². The van der Waals surface area contributed by atoms with Crippen molar-refractivity contribution in [2.24, 2.45) is 130 Å². The van der Waals surface area contributed by atoms with Crippen LogP contribution in [0.15, 0.2) is 0 Å². The Balaban J connectivity index is 0.0000000835. The van der Waals surface area contributed by atoms with Gasteiger partial charge in [-0.2, -0.15) is 0 Å². The SMILES string of the molecule is C1C2CC3CC1CC(C2)C3.C1CC2C3CCC(C3)C2C1.C1CC2C3CCC(C3)C2C1.C1CC2CC1C1C3CCC(C3)C21.C1CC2CCC1C2.C1CCC2CCCCC2C1.C1CCCC1.C1CCCCC1. The molecule has 20 saturated carbocycles. The number of hydrogen-bond donors (Lipinski definition) is 0. The Hall–Kier alpha value is 0. The van der Waals surface area contributed by atoms with Crippen LogP contribution in [0.4, 0.5) is 0 Å². The molecule has 0 spiro atoms. The van der Waals surface area contributed by atoms with Gasteiger partial charge in [0.25, 0.3) is 0 Å². The average Bonchev–Trinajstić information content (AvgIpc) is 4.26. The van der Waals surface area contributed by atoms with Crippen LogP contribution in [0.2, 0.25) is 0 Å². The highest BCUT2D eigenvalue weighted by atomic mass is 14.6. The maximum atomic E-state index is 1.64. The molecule has 0 N–H and O–H groups in total. The number of rotatable bonds is 0. The minimum absolute atomic E-state index is 1.16. The average molecular weight is 960 g/mol. The van der Waals surface area contributed by atoms with Gasteiger partial charge in [-0.25, -0.2) is 0 Å². The quantitative estimate of drug-likeness (QED) is 0.212. The molecule has 0 aromatic rings. The van der Waals surface area contributed by atoms with Gasteiger partial charge >= 0.3 is 0 Å². The first-order chi connectivity index (χ1) is 34.6. The van der Waals surface area contributed by atoms with Crippen molar-refractivity contribution in [3.05, 3.63) is 0 Å². The normalized spacial score (nSPS) is 50.4. The molecule has 0 heterocycles. The molecule has 70 heavy (non-hydrogen) atoms. The van der Waals surface area contributed by atoms with E-state index in [2.05, 4.69) is 0 Å². The summed E-state index contributed by atoms with van der Waals surface area (Å²) in [6.45, 7) is 0. The molecule has 12 unspecified atom stereocenters. The van der Waals surface area contributed by atoms with Crippen molar-refractivity contribution < 1.29 is 0 Å². The molecule has 20 rings (SSSR count). The lowest BCUT2D eigenvalue weighted by molar-refractivity contribution is 0.0198. The Morgan fingerprint density at radius 2 is 0.357 bits per heavy atom. The summed E-state index contributed by atoms with van der Waals surface area (Å²) in [6, 6.07) is 0. The summed E-state index contributed by atoms with van der Waals surface area (Å²) < 4.78 is 0. The summed E-state index contributed by atoms with van der Waals surface area (Å²) in [5.74, 6) is 26.3. The Bertz CT molecular complexity index is 1320. The standard InChI is InChI=1S/C12H18.3C10H16.C10H18.C7H12.C6H12.C5H10/c1-2-8-5-7(1)11-9-3-4-10(6-9)12(8)11;1-7-2-9-4-8(1)5-10(3-7)6-9;2*1-2-9-7-4-5-8(6-7)10(9)3-1;1-2-6-10-8-4-3-7-9(10)5-1;1-2-7-4-3-6(1)5-7;1-2-4-6-5-3-1;1-2-4-5-3-1/h7-12H,1-6H2;3*7-10H,1-6H2;9-10H,1-8H2;6-7H,1-5H2;1-6H2;1-5H2. The van der Waals surface area contributed by atoms with E-state index in [1.807, 2.05) is 0 Å². The molecule has 20 fully saturated rings. The molecule has 12 atom stereocenters. The summed E-state index contributed by atoms with van der Waals surface area (Å²) in [6.07, 6.45) is 75.1. The fourth-order valence-electron chi connectivity index (χ4n) is 24.5. The predicted molar refractivity (Wildman–Crippen MR) is 298 cm³/mol. The Kier molecular flexibility index (Phi) is 17.8. The van der Waals surface area contributed by atoms with Crippen molar-refractivity contribution in [1.82, 2.24) is 0 Å². The van der Waals surface area contributed by atoms with Gasteiger partial charge in [0.2, 0.25) is 0 Å². The molecular formula is C70H118. The first kappa shape index (κ1) is 50.8. The highest BCUT2D eigenvalue weighted by Gasteiger charge is 2.59. The van der Waals surface area contributed by atoms with Crippen molar-refractivity contribution >= 4 is 0 Å². The largest absolute Gasteiger partial charge is 0.0533 e. The first-order valence-corrected chi connectivity index (χ1v) is 34.6. The predicted octanol–water partition coefficient (Wildman–Crippen LogP) is 21.4. The lowest BCUT2D eigenvalue weighted by Gasteiger charge is -2.49. The topological polar surface area (TPSA) is 0 Å². The second kappa shape index (κ2) is 24.6. The van der Waals surface area contributed by atoms with Gasteiger partial charge in [0.1, 0.15) is 0 Å². The van der Waals surface area contributed by atoms with Crippen LogP contribution >= 0.6 is 0 Å². The maximum absolute atomic E-state index is 1.64. The van der Waals surface area contributed by atoms with Crippen LogP contribution in [-0.2, 0) is 0 Å². The van der Waals surface area contributed by atoms with Crippen molar-refractivity contribution in [3.63, 3.8) is 0 Å². The molecule has 0 radical (unpaired) electrons. The van der Waals surface area contributed by atoms with E-state index >= 15 is 0 Å².